The molecule has 0 spiro atoms. The Labute approximate surface area is 107 Å². The van der Waals surface area contributed by atoms with E-state index < -0.39 is 18.6 Å². The van der Waals surface area contributed by atoms with Crippen molar-refractivity contribution in [2.24, 2.45) is 0 Å². The second kappa shape index (κ2) is 6.21. The molecular formula is C12H24F3N3. The van der Waals surface area contributed by atoms with Gasteiger partial charge in [-0.1, -0.05) is 0 Å². The van der Waals surface area contributed by atoms with Gasteiger partial charge in [-0.15, -0.1) is 0 Å². The van der Waals surface area contributed by atoms with Crippen LogP contribution in [0.5, 0.6) is 0 Å². The van der Waals surface area contributed by atoms with Crippen LogP contribution in [0.1, 0.15) is 27.2 Å². The lowest BCUT2D eigenvalue weighted by Crippen LogP contribution is -2.58. The third kappa shape index (κ3) is 5.54. The Bertz CT molecular complexity index is 247. The van der Waals surface area contributed by atoms with Crippen LogP contribution >= 0.6 is 0 Å². The zero-order valence-corrected chi connectivity index (χ0v) is 11.4. The molecule has 3 nitrogen and oxygen atoms in total. The summed E-state index contributed by atoms with van der Waals surface area (Å²) in [6.45, 7) is 10.1. The molecule has 2 N–H and O–H groups in total. The number of hydrogen-bond acceptors (Lipinski definition) is 3. The fraction of sp³-hybridized carbons (Fsp3) is 1.00. The molecule has 0 bridgehead atoms. The van der Waals surface area contributed by atoms with Gasteiger partial charge in [-0.05, 0) is 20.8 Å². The molecule has 18 heavy (non-hydrogen) atoms. The Morgan fingerprint density at radius 3 is 2.28 bits per heavy atom. The Morgan fingerprint density at radius 1 is 1.22 bits per heavy atom. The van der Waals surface area contributed by atoms with Gasteiger partial charge in [-0.25, -0.2) is 0 Å². The van der Waals surface area contributed by atoms with Crippen molar-refractivity contribution in [3.63, 3.8) is 0 Å². The lowest BCUT2D eigenvalue weighted by atomic mass is 10.0. The molecule has 1 aliphatic rings. The molecule has 6 heteroatoms. The molecule has 0 aromatic heterocycles. The average Bonchev–Trinajstić information content (AvgIpc) is 2.26. The molecule has 108 valence electrons. The molecule has 0 aromatic carbocycles. The largest absolute Gasteiger partial charge is 0.390 e. The highest BCUT2D eigenvalue weighted by molar-refractivity contribution is 4.87. The van der Waals surface area contributed by atoms with Gasteiger partial charge < -0.3 is 10.6 Å². The number of alkyl halides is 3. The van der Waals surface area contributed by atoms with Crippen LogP contribution in [0, 0.1) is 0 Å². The smallest absolute Gasteiger partial charge is 0.314 e. The van der Waals surface area contributed by atoms with Crippen molar-refractivity contribution in [2.45, 2.75) is 44.9 Å². The van der Waals surface area contributed by atoms with Crippen molar-refractivity contribution in [3.05, 3.63) is 0 Å². The number of nitrogens with zero attached hydrogens (tertiary/aromatic N) is 1. The van der Waals surface area contributed by atoms with Gasteiger partial charge in [0.2, 0.25) is 0 Å². The number of halogens is 3. The molecule has 0 saturated carbocycles. The van der Waals surface area contributed by atoms with Crippen LogP contribution in [0.2, 0.25) is 0 Å². The van der Waals surface area contributed by atoms with Gasteiger partial charge in [-0.3, -0.25) is 4.90 Å². The molecule has 0 radical (unpaired) electrons. The summed E-state index contributed by atoms with van der Waals surface area (Å²) in [6, 6.07) is -0.535. The first kappa shape index (κ1) is 15.7. The summed E-state index contributed by atoms with van der Waals surface area (Å²) in [7, 11) is 0. The van der Waals surface area contributed by atoms with Gasteiger partial charge in [0, 0.05) is 44.3 Å². The maximum absolute atomic E-state index is 12.2. The molecule has 1 atom stereocenters. The molecule has 1 fully saturated rings. The molecule has 1 unspecified atom stereocenters. The van der Waals surface area contributed by atoms with E-state index >= 15 is 0 Å². The molecule has 0 amide bonds. The predicted octanol–water partition coefficient (Wildman–Crippen LogP) is 1.60. The fourth-order valence-corrected chi connectivity index (χ4v) is 2.23. The minimum atomic E-state index is -4.09. The lowest BCUT2D eigenvalue weighted by molar-refractivity contribution is -0.139. The van der Waals surface area contributed by atoms with Crippen LogP contribution in [0.4, 0.5) is 13.2 Å². The standard InChI is InChI=1S/C12H24F3N3/c1-10(8-12(13,14)15)17-9-11(2,3)18-6-4-16-5-7-18/h10,16-17H,4-9H2,1-3H3. The highest BCUT2D eigenvalue weighted by Gasteiger charge is 2.32. The minimum absolute atomic E-state index is 0.109. The second-order valence-corrected chi connectivity index (χ2v) is 5.65. The van der Waals surface area contributed by atoms with Gasteiger partial charge in [0.25, 0.3) is 0 Å². The molecule has 0 aliphatic carbocycles. The third-order valence-electron chi connectivity index (χ3n) is 3.39. The first-order valence-corrected chi connectivity index (χ1v) is 6.47. The van der Waals surface area contributed by atoms with E-state index in [0.29, 0.717) is 6.54 Å². The summed E-state index contributed by atoms with van der Waals surface area (Å²) in [6.07, 6.45) is -4.86. The second-order valence-electron chi connectivity index (χ2n) is 5.65. The Balaban J connectivity index is 2.36. The van der Waals surface area contributed by atoms with Crippen LogP contribution < -0.4 is 10.6 Å². The predicted molar refractivity (Wildman–Crippen MR) is 66.7 cm³/mol. The van der Waals surface area contributed by atoms with Crippen molar-refractivity contribution in [2.75, 3.05) is 32.7 Å². The Kier molecular flexibility index (Phi) is 5.43. The zero-order chi connectivity index (χ0) is 13.8. The first-order valence-electron chi connectivity index (χ1n) is 6.47. The topological polar surface area (TPSA) is 27.3 Å². The van der Waals surface area contributed by atoms with Crippen molar-refractivity contribution in [1.82, 2.24) is 15.5 Å². The normalized spacial score (nSPS) is 21.0. The van der Waals surface area contributed by atoms with Crippen molar-refractivity contribution >= 4 is 0 Å². The van der Waals surface area contributed by atoms with Crippen molar-refractivity contribution in [1.29, 1.82) is 0 Å². The van der Waals surface area contributed by atoms with Crippen LogP contribution in [-0.2, 0) is 0 Å². The molecule has 0 aromatic rings. The summed E-state index contributed by atoms with van der Waals surface area (Å²) >= 11 is 0. The van der Waals surface area contributed by atoms with Gasteiger partial charge in [-0.2, -0.15) is 13.2 Å². The van der Waals surface area contributed by atoms with E-state index in [1.165, 1.54) is 0 Å². The first-order chi connectivity index (χ1) is 8.21. The van der Waals surface area contributed by atoms with Gasteiger partial charge in [0.1, 0.15) is 0 Å². The maximum atomic E-state index is 12.2. The number of nitrogens with one attached hydrogen (secondary N) is 2. The molecular weight excluding hydrogens is 243 g/mol. The SMILES string of the molecule is CC(CC(F)(F)F)NCC(C)(C)N1CCNCC1. The Morgan fingerprint density at radius 2 is 1.78 bits per heavy atom. The average molecular weight is 267 g/mol. The number of hydrogen-bond donors (Lipinski definition) is 2. The molecule has 1 rings (SSSR count). The van der Waals surface area contributed by atoms with Crippen molar-refractivity contribution < 1.29 is 13.2 Å². The number of rotatable bonds is 5. The van der Waals surface area contributed by atoms with E-state index in [0.717, 1.165) is 26.2 Å². The zero-order valence-electron chi connectivity index (χ0n) is 11.4. The third-order valence-corrected chi connectivity index (χ3v) is 3.39. The quantitative estimate of drug-likeness (QED) is 0.792. The highest BCUT2D eigenvalue weighted by Crippen LogP contribution is 2.22. The summed E-state index contributed by atoms with van der Waals surface area (Å²) in [5.74, 6) is 0. The summed E-state index contributed by atoms with van der Waals surface area (Å²) < 4.78 is 36.7. The van der Waals surface area contributed by atoms with Crippen LogP contribution in [0.25, 0.3) is 0 Å². The maximum Gasteiger partial charge on any atom is 0.390 e. The number of piperazine rings is 1. The molecule has 1 heterocycles. The summed E-state index contributed by atoms with van der Waals surface area (Å²) in [5.41, 5.74) is -0.109. The van der Waals surface area contributed by atoms with E-state index in [-0.39, 0.29) is 5.54 Å². The lowest BCUT2D eigenvalue weighted by Gasteiger charge is -2.42. The van der Waals surface area contributed by atoms with Crippen molar-refractivity contribution in [3.8, 4) is 0 Å². The van der Waals surface area contributed by atoms with Crippen LogP contribution in [0.15, 0.2) is 0 Å². The summed E-state index contributed by atoms with van der Waals surface area (Å²) in [4.78, 5) is 2.32. The van der Waals surface area contributed by atoms with E-state index in [1.807, 2.05) is 0 Å². The summed E-state index contributed by atoms with van der Waals surface area (Å²) in [5, 5.41) is 6.27. The van der Waals surface area contributed by atoms with Gasteiger partial charge >= 0.3 is 6.18 Å². The Hall–Kier alpha value is -0.330. The highest BCUT2D eigenvalue weighted by atomic mass is 19.4. The fourth-order valence-electron chi connectivity index (χ4n) is 2.23. The van der Waals surface area contributed by atoms with E-state index in [1.54, 1.807) is 6.92 Å². The molecule has 1 aliphatic heterocycles. The van der Waals surface area contributed by atoms with E-state index in [2.05, 4.69) is 29.4 Å². The monoisotopic (exact) mass is 267 g/mol. The minimum Gasteiger partial charge on any atom is -0.314 e. The van der Waals surface area contributed by atoms with Gasteiger partial charge in [0.05, 0.1) is 6.42 Å². The molecule has 1 saturated heterocycles. The van der Waals surface area contributed by atoms with E-state index in [9.17, 15) is 13.2 Å². The van der Waals surface area contributed by atoms with Crippen LogP contribution in [0.3, 0.4) is 0 Å². The van der Waals surface area contributed by atoms with Gasteiger partial charge in [0.15, 0.2) is 0 Å². The van der Waals surface area contributed by atoms with E-state index in [4.69, 9.17) is 0 Å². The van der Waals surface area contributed by atoms with Crippen LogP contribution in [-0.4, -0.2) is 55.4 Å².